The van der Waals surface area contributed by atoms with Crippen molar-refractivity contribution >= 4 is 12.1 Å². The Morgan fingerprint density at radius 3 is 2.13 bits per heavy atom. The minimum Gasteiger partial charge on any atom is -0.493 e. The summed E-state index contributed by atoms with van der Waals surface area (Å²) in [6.07, 6.45) is 1.57. The lowest BCUT2D eigenvalue weighted by Crippen LogP contribution is -2.18. The summed E-state index contributed by atoms with van der Waals surface area (Å²) >= 11 is 0. The van der Waals surface area contributed by atoms with Crippen molar-refractivity contribution in [1.29, 1.82) is 0 Å². The standard InChI is InChI=1S/C17H18N2O4/c1-21-14-9-13(10-15(22-2)16(14)23-3)17(20)19-18-11-12-7-5-4-6-8-12/h4-11H,1-3H3,(H,19,20)/b18-11-. The molecule has 6 nitrogen and oxygen atoms in total. The monoisotopic (exact) mass is 314 g/mol. The molecule has 0 atom stereocenters. The molecule has 0 saturated heterocycles. The Balaban J connectivity index is 2.17. The molecule has 0 aromatic heterocycles. The van der Waals surface area contributed by atoms with Gasteiger partial charge in [0.05, 0.1) is 27.5 Å². The van der Waals surface area contributed by atoms with E-state index in [2.05, 4.69) is 10.5 Å². The van der Waals surface area contributed by atoms with Gasteiger partial charge in [0.1, 0.15) is 0 Å². The fourth-order valence-corrected chi connectivity index (χ4v) is 1.98. The minimum absolute atomic E-state index is 0.352. The van der Waals surface area contributed by atoms with Crippen molar-refractivity contribution in [2.45, 2.75) is 0 Å². The molecule has 2 rings (SSSR count). The first-order valence-electron chi connectivity index (χ1n) is 6.88. The van der Waals surface area contributed by atoms with E-state index in [1.165, 1.54) is 21.3 Å². The smallest absolute Gasteiger partial charge is 0.271 e. The van der Waals surface area contributed by atoms with Gasteiger partial charge in [-0.15, -0.1) is 0 Å². The Kier molecular flexibility index (Phi) is 5.57. The molecule has 6 heteroatoms. The molecule has 0 radical (unpaired) electrons. The highest BCUT2D eigenvalue weighted by atomic mass is 16.5. The van der Waals surface area contributed by atoms with E-state index in [-0.39, 0.29) is 5.91 Å². The molecule has 0 unspecified atom stereocenters. The Hall–Kier alpha value is -3.02. The summed E-state index contributed by atoms with van der Waals surface area (Å²) in [6, 6.07) is 12.6. The first-order chi connectivity index (χ1) is 11.2. The van der Waals surface area contributed by atoms with Gasteiger partial charge < -0.3 is 14.2 Å². The van der Waals surface area contributed by atoms with Crippen molar-refractivity contribution in [2.75, 3.05) is 21.3 Å². The Morgan fingerprint density at radius 1 is 1.00 bits per heavy atom. The van der Waals surface area contributed by atoms with Crippen molar-refractivity contribution in [1.82, 2.24) is 5.43 Å². The molecule has 0 fully saturated rings. The summed E-state index contributed by atoms with van der Waals surface area (Å²) in [4.78, 5) is 12.2. The van der Waals surface area contributed by atoms with Crippen LogP contribution in [-0.4, -0.2) is 33.5 Å². The largest absolute Gasteiger partial charge is 0.493 e. The maximum Gasteiger partial charge on any atom is 0.271 e. The molecular formula is C17H18N2O4. The number of hydrazone groups is 1. The first kappa shape index (κ1) is 16.4. The summed E-state index contributed by atoms with van der Waals surface area (Å²) in [6.45, 7) is 0. The highest BCUT2D eigenvalue weighted by Gasteiger charge is 2.16. The molecule has 1 amide bonds. The summed E-state index contributed by atoms with van der Waals surface area (Å²) in [5.41, 5.74) is 3.70. The Labute approximate surface area is 134 Å². The normalized spacial score (nSPS) is 10.4. The number of benzene rings is 2. The average Bonchev–Trinajstić information content (AvgIpc) is 2.61. The summed E-state index contributed by atoms with van der Waals surface area (Å²) in [5.74, 6) is 0.865. The van der Waals surface area contributed by atoms with Crippen molar-refractivity contribution in [3.05, 3.63) is 53.6 Å². The molecule has 0 heterocycles. The molecule has 0 aliphatic carbocycles. The number of hydrogen-bond donors (Lipinski definition) is 1. The summed E-state index contributed by atoms with van der Waals surface area (Å²) in [5, 5.41) is 3.93. The van der Waals surface area contributed by atoms with E-state index in [0.717, 1.165) is 5.56 Å². The number of hydrogen-bond acceptors (Lipinski definition) is 5. The third-order valence-electron chi connectivity index (χ3n) is 3.11. The van der Waals surface area contributed by atoms with Gasteiger partial charge in [-0.2, -0.15) is 5.10 Å². The van der Waals surface area contributed by atoms with Gasteiger partial charge in [0.25, 0.3) is 5.91 Å². The number of carbonyl (C=O) groups is 1. The Morgan fingerprint density at radius 2 is 1.61 bits per heavy atom. The van der Waals surface area contributed by atoms with Crippen LogP contribution in [0.4, 0.5) is 0 Å². The molecule has 0 aliphatic heterocycles. The van der Waals surface area contributed by atoms with Crippen LogP contribution in [-0.2, 0) is 0 Å². The van der Waals surface area contributed by atoms with Crippen LogP contribution in [0.1, 0.15) is 15.9 Å². The summed E-state index contributed by atoms with van der Waals surface area (Å²) in [7, 11) is 4.49. The quantitative estimate of drug-likeness (QED) is 0.657. The molecule has 23 heavy (non-hydrogen) atoms. The molecule has 120 valence electrons. The van der Waals surface area contributed by atoms with Crippen LogP contribution >= 0.6 is 0 Å². The maximum atomic E-state index is 12.2. The Bertz CT molecular complexity index is 674. The summed E-state index contributed by atoms with van der Waals surface area (Å²) < 4.78 is 15.7. The van der Waals surface area contributed by atoms with Crippen molar-refractivity contribution in [2.24, 2.45) is 5.10 Å². The zero-order valence-corrected chi connectivity index (χ0v) is 13.2. The van der Waals surface area contributed by atoms with Gasteiger partial charge in [-0.05, 0) is 17.7 Å². The van der Waals surface area contributed by atoms with E-state index < -0.39 is 0 Å². The number of amides is 1. The number of nitrogens with zero attached hydrogens (tertiary/aromatic N) is 1. The maximum absolute atomic E-state index is 12.2. The lowest BCUT2D eigenvalue weighted by Gasteiger charge is -2.13. The molecular weight excluding hydrogens is 296 g/mol. The molecule has 0 spiro atoms. The van der Waals surface area contributed by atoms with E-state index in [0.29, 0.717) is 22.8 Å². The third-order valence-corrected chi connectivity index (χ3v) is 3.11. The number of ether oxygens (including phenoxy) is 3. The van der Waals surface area contributed by atoms with Gasteiger partial charge in [0.15, 0.2) is 11.5 Å². The lowest BCUT2D eigenvalue weighted by atomic mass is 10.1. The van der Waals surface area contributed by atoms with Gasteiger partial charge in [-0.25, -0.2) is 5.43 Å². The minimum atomic E-state index is -0.378. The van der Waals surface area contributed by atoms with Crippen LogP contribution in [0, 0.1) is 0 Å². The van der Waals surface area contributed by atoms with Gasteiger partial charge in [-0.3, -0.25) is 4.79 Å². The first-order valence-corrected chi connectivity index (χ1v) is 6.88. The molecule has 0 saturated carbocycles. The highest BCUT2D eigenvalue weighted by molar-refractivity contribution is 5.96. The average molecular weight is 314 g/mol. The second-order valence-electron chi connectivity index (χ2n) is 4.52. The predicted octanol–water partition coefficient (Wildman–Crippen LogP) is 2.48. The zero-order chi connectivity index (χ0) is 16.7. The lowest BCUT2D eigenvalue weighted by molar-refractivity contribution is 0.0954. The zero-order valence-electron chi connectivity index (χ0n) is 13.2. The van der Waals surface area contributed by atoms with E-state index in [1.54, 1.807) is 18.3 Å². The fourth-order valence-electron chi connectivity index (χ4n) is 1.98. The van der Waals surface area contributed by atoms with Crippen molar-refractivity contribution < 1.29 is 19.0 Å². The highest BCUT2D eigenvalue weighted by Crippen LogP contribution is 2.38. The number of methoxy groups -OCH3 is 3. The molecule has 2 aromatic rings. The number of carbonyl (C=O) groups excluding carboxylic acids is 1. The SMILES string of the molecule is COc1cc(C(=O)N/N=C\c2ccccc2)cc(OC)c1OC. The van der Waals surface area contributed by atoms with Crippen molar-refractivity contribution in [3.8, 4) is 17.2 Å². The molecule has 0 aliphatic rings. The third kappa shape index (κ3) is 4.00. The van der Waals surface area contributed by atoms with Crippen LogP contribution < -0.4 is 19.6 Å². The van der Waals surface area contributed by atoms with Crippen LogP contribution in [0.5, 0.6) is 17.2 Å². The second-order valence-corrected chi connectivity index (χ2v) is 4.52. The molecule has 1 N–H and O–H groups in total. The topological polar surface area (TPSA) is 69.2 Å². The van der Waals surface area contributed by atoms with E-state index in [9.17, 15) is 4.79 Å². The fraction of sp³-hybridized carbons (Fsp3) is 0.176. The molecule has 2 aromatic carbocycles. The van der Waals surface area contributed by atoms with Gasteiger partial charge >= 0.3 is 0 Å². The molecule has 0 bridgehead atoms. The number of nitrogens with one attached hydrogen (secondary N) is 1. The van der Waals surface area contributed by atoms with Crippen LogP contribution in [0.2, 0.25) is 0 Å². The predicted molar refractivity (Wildman–Crippen MR) is 87.6 cm³/mol. The van der Waals surface area contributed by atoms with Crippen LogP contribution in [0.25, 0.3) is 0 Å². The van der Waals surface area contributed by atoms with Crippen LogP contribution in [0.3, 0.4) is 0 Å². The van der Waals surface area contributed by atoms with Gasteiger partial charge in [0.2, 0.25) is 5.75 Å². The van der Waals surface area contributed by atoms with E-state index in [1.807, 2.05) is 30.3 Å². The van der Waals surface area contributed by atoms with Gasteiger partial charge in [-0.1, -0.05) is 30.3 Å². The van der Waals surface area contributed by atoms with E-state index in [4.69, 9.17) is 14.2 Å². The van der Waals surface area contributed by atoms with Gasteiger partial charge in [0, 0.05) is 5.56 Å². The van der Waals surface area contributed by atoms with E-state index >= 15 is 0 Å². The van der Waals surface area contributed by atoms with Crippen LogP contribution in [0.15, 0.2) is 47.6 Å². The number of rotatable bonds is 6. The van der Waals surface area contributed by atoms with Crippen molar-refractivity contribution in [3.63, 3.8) is 0 Å². The second kappa shape index (κ2) is 7.84.